The van der Waals surface area contributed by atoms with Crippen LogP contribution in [-0.2, 0) is 9.59 Å². The summed E-state index contributed by atoms with van der Waals surface area (Å²) in [5.74, 6) is -0.525. The number of rotatable bonds is 4. The lowest BCUT2D eigenvalue weighted by Gasteiger charge is -2.21. The minimum absolute atomic E-state index is 0.145. The van der Waals surface area contributed by atoms with Crippen molar-refractivity contribution in [2.75, 3.05) is 18.1 Å². The van der Waals surface area contributed by atoms with Crippen LogP contribution in [0.1, 0.15) is 45.4 Å². The normalized spacial score (nSPS) is 19.0. The largest absolute Gasteiger partial charge is 0.507 e. The second kappa shape index (κ2) is 8.14. The SMILES string of the molecule is CC(=O)c1sc(N2C(=O)C(=O)C(=C(O)c3ccc4c(c3)OCCO4)C2c2ccc(C)o2)nc1C. The van der Waals surface area contributed by atoms with Gasteiger partial charge >= 0.3 is 5.91 Å². The van der Waals surface area contributed by atoms with Crippen LogP contribution >= 0.6 is 11.3 Å². The minimum Gasteiger partial charge on any atom is -0.507 e. The molecule has 10 heteroatoms. The van der Waals surface area contributed by atoms with Crippen LogP contribution in [0.3, 0.4) is 0 Å². The number of carbonyl (C=O) groups is 3. The summed E-state index contributed by atoms with van der Waals surface area (Å²) in [5, 5.41) is 11.4. The lowest BCUT2D eigenvalue weighted by Crippen LogP contribution is -2.29. The van der Waals surface area contributed by atoms with E-state index in [-0.39, 0.29) is 33.6 Å². The van der Waals surface area contributed by atoms with Crippen LogP contribution < -0.4 is 14.4 Å². The summed E-state index contributed by atoms with van der Waals surface area (Å²) < 4.78 is 16.9. The fourth-order valence-corrected chi connectivity index (χ4v) is 5.05. The van der Waals surface area contributed by atoms with Gasteiger partial charge in [-0.2, -0.15) is 0 Å². The molecule has 1 saturated heterocycles. The molecule has 2 aliphatic rings. The first-order valence-corrected chi connectivity index (χ1v) is 11.3. The van der Waals surface area contributed by atoms with Crippen molar-refractivity contribution in [2.24, 2.45) is 0 Å². The molecule has 0 saturated carbocycles. The summed E-state index contributed by atoms with van der Waals surface area (Å²) >= 11 is 1.01. The van der Waals surface area contributed by atoms with Crippen molar-refractivity contribution >= 4 is 39.7 Å². The number of fused-ring (bicyclic) bond motifs is 1. The maximum absolute atomic E-state index is 13.2. The predicted molar refractivity (Wildman–Crippen MR) is 123 cm³/mol. The number of furan rings is 1. The highest BCUT2D eigenvalue weighted by Gasteiger charge is 2.49. The number of ether oxygens (including phenoxy) is 2. The van der Waals surface area contributed by atoms with E-state index in [1.54, 1.807) is 44.2 Å². The average molecular weight is 480 g/mol. The maximum atomic E-state index is 13.2. The molecule has 0 aliphatic carbocycles. The first kappa shape index (κ1) is 21.9. The van der Waals surface area contributed by atoms with Crippen LogP contribution in [-0.4, -0.2) is 40.8 Å². The number of hydrogen-bond donors (Lipinski definition) is 1. The van der Waals surface area contributed by atoms with E-state index < -0.39 is 17.7 Å². The third kappa shape index (κ3) is 3.47. The van der Waals surface area contributed by atoms with E-state index in [1.807, 2.05) is 0 Å². The van der Waals surface area contributed by atoms with Gasteiger partial charge in [0.15, 0.2) is 22.4 Å². The number of aromatic nitrogens is 1. The van der Waals surface area contributed by atoms with Gasteiger partial charge in [0.2, 0.25) is 0 Å². The molecule has 174 valence electrons. The van der Waals surface area contributed by atoms with Gasteiger partial charge < -0.3 is 19.0 Å². The number of anilines is 1. The lowest BCUT2D eigenvalue weighted by molar-refractivity contribution is -0.132. The quantitative estimate of drug-likeness (QED) is 0.258. The second-order valence-electron chi connectivity index (χ2n) is 7.94. The van der Waals surface area contributed by atoms with Gasteiger partial charge in [0.05, 0.1) is 16.1 Å². The fraction of sp³-hybridized carbons (Fsp3) is 0.250. The zero-order valence-corrected chi connectivity index (χ0v) is 19.4. The topological polar surface area (TPSA) is 119 Å². The van der Waals surface area contributed by atoms with Crippen LogP contribution in [0.25, 0.3) is 5.76 Å². The number of thiazole rings is 1. The summed E-state index contributed by atoms with van der Waals surface area (Å²) in [6, 6.07) is 7.06. The standard InChI is InChI=1S/C24H20N2O7S/c1-11-4-6-16(33-11)19-18(20(28)14-5-7-15-17(10-14)32-9-8-31-15)21(29)23(30)26(19)24-25-12(2)22(34-24)13(3)27/h4-7,10,19,28H,8-9H2,1-3H3. The van der Waals surface area contributed by atoms with E-state index in [0.717, 1.165) is 11.3 Å². The second-order valence-corrected chi connectivity index (χ2v) is 8.92. The first-order chi connectivity index (χ1) is 16.3. The number of amides is 1. The first-order valence-electron chi connectivity index (χ1n) is 10.5. The van der Waals surface area contributed by atoms with Crippen LogP contribution in [0, 0.1) is 13.8 Å². The third-order valence-corrected chi connectivity index (χ3v) is 6.86. The molecule has 34 heavy (non-hydrogen) atoms. The van der Waals surface area contributed by atoms with E-state index in [1.165, 1.54) is 11.8 Å². The summed E-state index contributed by atoms with van der Waals surface area (Å²) in [5.41, 5.74) is 0.596. The average Bonchev–Trinajstić information content (AvgIpc) is 3.49. The van der Waals surface area contributed by atoms with Gasteiger partial charge in [-0.1, -0.05) is 11.3 Å². The Bertz CT molecular complexity index is 1380. The van der Waals surface area contributed by atoms with Crippen molar-refractivity contribution in [3.8, 4) is 11.5 Å². The number of aliphatic hydroxyl groups is 1. The number of aliphatic hydroxyl groups excluding tert-OH is 1. The number of aryl methyl sites for hydroxylation is 2. The summed E-state index contributed by atoms with van der Waals surface area (Å²) in [7, 11) is 0. The van der Waals surface area contributed by atoms with Crippen LogP contribution in [0.5, 0.6) is 11.5 Å². The Morgan fingerprint density at radius 3 is 2.50 bits per heavy atom. The summed E-state index contributed by atoms with van der Waals surface area (Å²) in [4.78, 5) is 44.3. The molecule has 1 amide bonds. The zero-order valence-electron chi connectivity index (χ0n) is 18.6. The molecule has 0 radical (unpaired) electrons. The van der Waals surface area contributed by atoms with Gasteiger partial charge in [-0.15, -0.1) is 0 Å². The monoisotopic (exact) mass is 480 g/mol. The van der Waals surface area contributed by atoms with Crippen molar-refractivity contribution in [1.82, 2.24) is 4.98 Å². The van der Waals surface area contributed by atoms with Gasteiger partial charge in [-0.25, -0.2) is 4.98 Å². The van der Waals surface area contributed by atoms with E-state index >= 15 is 0 Å². The highest BCUT2D eigenvalue weighted by molar-refractivity contribution is 7.18. The number of nitrogens with zero attached hydrogens (tertiary/aromatic N) is 2. The number of Topliss-reactive ketones (excluding diaryl/α,β-unsaturated/α-hetero) is 2. The van der Waals surface area contributed by atoms with Crippen molar-refractivity contribution < 1.29 is 33.4 Å². The Hall–Kier alpha value is -3.92. The number of benzene rings is 1. The number of hydrogen-bond acceptors (Lipinski definition) is 9. The Labute approximate surface area is 198 Å². The minimum atomic E-state index is -1.06. The Morgan fingerprint density at radius 2 is 1.85 bits per heavy atom. The maximum Gasteiger partial charge on any atom is 0.302 e. The molecular formula is C24H20N2O7S. The molecule has 4 heterocycles. The molecule has 0 spiro atoms. The number of ketones is 2. The van der Waals surface area contributed by atoms with Gasteiger partial charge in [-0.3, -0.25) is 19.3 Å². The van der Waals surface area contributed by atoms with Crippen molar-refractivity contribution in [3.63, 3.8) is 0 Å². The molecule has 5 rings (SSSR count). The highest BCUT2D eigenvalue weighted by atomic mass is 32.1. The lowest BCUT2D eigenvalue weighted by atomic mass is 9.99. The van der Waals surface area contributed by atoms with Gasteiger partial charge in [0.25, 0.3) is 5.78 Å². The molecule has 3 aromatic rings. The van der Waals surface area contributed by atoms with Crippen LogP contribution in [0.15, 0.2) is 40.3 Å². The Kier molecular flexibility index (Phi) is 5.24. The van der Waals surface area contributed by atoms with Crippen LogP contribution in [0.4, 0.5) is 5.13 Å². The van der Waals surface area contributed by atoms with Gasteiger partial charge in [-0.05, 0) is 44.2 Å². The van der Waals surface area contributed by atoms with Gasteiger partial charge in [0, 0.05) is 12.5 Å². The molecule has 2 aliphatic heterocycles. The molecule has 1 atom stereocenters. The molecule has 0 bridgehead atoms. The van der Waals surface area contributed by atoms with Crippen molar-refractivity contribution in [3.05, 3.63) is 63.6 Å². The van der Waals surface area contributed by atoms with E-state index in [0.29, 0.717) is 41.0 Å². The summed E-state index contributed by atoms with van der Waals surface area (Å²) in [6.45, 7) is 5.58. The number of carbonyl (C=O) groups excluding carboxylic acids is 3. The molecule has 9 nitrogen and oxygen atoms in total. The predicted octanol–water partition coefficient (Wildman–Crippen LogP) is 3.95. The molecule has 1 unspecified atom stereocenters. The molecule has 2 aromatic heterocycles. The third-order valence-electron chi connectivity index (χ3n) is 5.60. The van der Waals surface area contributed by atoms with Crippen molar-refractivity contribution in [1.29, 1.82) is 0 Å². The fourth-order valence-electron chi connectivity index (χ4n) is 4.06. The molecule has 1 fully saturated rings. The van der Waals surface area contributed by atoms with E-state index in [2.05, 4.69) is 4.98 Å². The van der Waals surface area contributed by atoms with Crippen molar-refractivity contribution in [2.45, 2.75) is 26.8 Å². The van der Waals surface area contributed by atoms with E-state index in [4.69, 9.17) is 13.9 Å². The Balaban J connectivity index is 1.68. The highest BCUT2D eigenvalue weighted by Crippen LogP contribution is 2.45. The molecule has 1 aromatic carbocycles. The summed E-state index contributed by atoms with van der Waals surface area (Å²) in [6.07, 6.45) is 0. The zero-order chi connectivity index (χ0) is 24.1. The van der Waals surface area contributed by atoms with Gasteiger partial charge in [0.1, 0.15) is 36.5 Å². The smallest absolute Gasteiger partial charge is 0.302 e. The van der Waals surface area contributed by atoms with Crippen LogP contribution in [0.2, 0.25) is 0 Å². The molecule has 1 N–H and O–H groups in total. The Morgan fingerprint density at radius 1 is 1.12 bits per heavy atom. The molecular weight excluding hydrogens is 460 g/mol. The van der Waals surface area contributed by atoms with E-state index in [9.17, 15) is 19.5 Å².